The molecular weight excluding hydrogens is 191 g/mol. The summed E-state index contributed by atoms with van der Waals surface area (Å²) in [6.07, 6.45) is -1.78. The third-order valence-corrected chi connectivity index (χ3v) is 3.25. The Morgan fingerprint density at radius 1 is 1.43 bits per heavy atom. The molecule has 0 spiro atoms. The van der Waals surface area contributed by atoms with E-state index in [1.807, 2.05) is 6.92 Å². The number of hydrogen-bond donors (Lipinski definition) is 1. The van der Waals surface area contributed by atoms with Crippen molar-refractivity contribution in [2.24, 2.45) is 5.92 Å². The molecule has 1 rings (SSSR count). The summed E-state index contributed by atoms with van der Waals surface area (Å²) in [4.78, 5) is 0. The molecule has 1 aliphatic rings. The van der Waals surface area contributed by atoms with E-state index in [2.05, 4.69) is 5.32 Å². The van der Waals surface area contributed by atoms with E-state index in [1.165, 1.54) is 0 Å². The molecule has 1 nitrogen and oxygen atoms in total. The van der Waals surface area contributed by atoms with Crippen molar-refractivity contribution in [3.63, 3.8) is 0 Å². The van der Waals surface area contributed by atoms with E-state index in [9.17, 15) is 13.2 Å². The molecule has 2 atom stereocenters. The fourth-order valence-corrected chi connectivity index (χ4v) is 2.31. The van der Waals surface area contributed by atoms with Crippen molar-refractivity contribution in [1.29, 1.82) is 0 Å². The molecule has 0 amide bonds. The van der Waals surface area contributed by atoms with Gasteiger partial charge in [-0.15, -0.1) is 0 Å². The highest BCUT2D eigenvalue weighted by molar-refractivity contribution is 5.02. The summed E-state index contributed by atoms with van der Waals surface area (Å²) >= 11 is 0. The van der Waals surface area contributed by atoms with Crippen LogP contribution in [0.3, 0.4) is 0 Å². The summed E-state index contributed by atoms with van der Waals surface area (Å²) in [5.74, 6) is -0.297. The van der Waals surface area contributed by atoms with Crippen LogP contribution in [0.25, 0.3) is 0 Å². The van der Waals surface area contributed by atoms with Gasteiger partial charge in [0.15, 0.2) is 0 Å². The van der Waals surface area contributed by atoms with Gasteiger partial charge in [-0.3, -0.25) is 0 Å². The highest BCUT2D eigenvalue weighted by atomic mass is 19.4. The fourth-order valence-electron chi connectivity index (χ4n) is 2.31. The molecule has 1 fully saturated rings. The molecule has 1 saturated carbocycles. The molecule has 0 aromatic carbocycles. The van der Waals surface area contributed by atoms with Crippen LogP contribution in [0.4, 0.5) is 13.2 Å². The van der Waals surface area contributed by atoms with Crippen molar-refractivity contribution >= 4 is 0 Å². The van der Waals surface area contributed by atoms with Crippen LogP contribution in [0, 0.1) is 5.92 Å². The second kappa shape index (κ2) is 4.09. The number of nitrogens with one attached hydrogen (secondary N) is 1. The summed E-state index contributed by atoms with van der Waals surface area (Å²) < 4.78 is 38.8. The number of rotatable bonds is 3. The first kappa shape index (κ1) is 11.8. The summed E-state index contributed by atoms with van der Waals surface area (Å²) in [6.45, 7) is 4.03. The van der Waals surface area contributed by atoms with Crippen LogP contribution >= 0.6 is 0 Å². The van der Waals surface area contributed by atoms with Crippen molar-refractivity contribution < 1.29 is 13.2 Å². The fraction of sp³-hybridized carbons (Fsp3) is 1.00. The monoisotopic (exact) mass is 209 g/mol. The van der Waals surface area contributed by atoms with Crippen LogP contribution < -0.4 is 5.32 Å². The van der Waals surface area contributed by atoms with E-state index < -0.39 is 11.7 Å². The third kappa shape index (κ3) is 1.90. The lowest BCUT2D eigenvalue weighted by molar-refractivity contribution is -0.205. The highest BCUT2D eigenvalue weighted by Gasteiger charge is 2.59. The quantitative estimate of drug-likeness (QED) is 0.753. The molecular formula is C10H18F3N. The van der Waals surface area contributed by atoms with Gasteiger partial charge < -0.3 is 5.32 Å². The van der Waals surface area contributed by atoms with Gasteiger partial charge >= 0.3 is 6.18 Å². The van der Waals surface area contributed by atoms with E-state index >= 15 is 0 Å². The molecule has 84 valence electrons. The molecule has 0 aromatic rings. The number of hydrogen-bond acceptors (Lipinski definition) is 1. The number of alkyl halides is 3. The van der Waals surface area contributed by atoms with E-state index in [-0.39, 0.29) is 12.3 Å². The molecule has 0 aliphatic heterocycles. The lowest BCUT2D eigenvalue weighted by Gasteiger charge is -2.37. The lowest BCUT2D eigenvalue weighted by atomic mass is 9.87. The Kier molecular flexibility index (Phi) is 3.45. The summed E-state index contributed by atoms with van der Waals surface area (Å²) in [7, 11) is 0. The average molecular weight is 209 g/mol. The largest absolute Gasteiger partial charge is 0.406 e. The van der Waals surface area contributed by atoms with Gasteiger partial charge in [-0.05, 0) is 31.7 Å². The average Bonchev–Trinajstić information content (AvgIpc) is 2.43. The Hall–Kier alpha value is -0.250. The van der Waals surface area contributed by atoms with Crippen LogP contribution in [0.15, 0.2) is 0 Å². The molecule has 0 aromatic heterocycles. The first-order valence-corrected chi connectivity index (χ1v) is 5.26. The molecule has 0 radical (unpaired) electrons. The molecule has 0 saturated heterocycles. The third-order valence-electron chi connectivity index (χ3n) is 3.25. The normalized spacial score (nSPS) is 33.6. The lowest BCUT2D eigenvalue weighted by Crippen LogP contribution is -2.58. The Morgan fingerprint density at radius 2 is 2.07 bits per heavy atom. The van der Waals surface area contributed by atoms with Gasteiger partial charge in [0, 0.05) is 0 Å². The summed E-state index contributed by atoms with van der Waals surface area (Å²) in [6, 6.07) is 0. The zero-order valence-electron chi connectivity index (χ0n) is 8.75. The smallest absolute Gasteiger partial charge is 0.303 e. The van der Waals surface area contributed by atoms with Crippen molar-refractivity contribution in [2.45, 2.75) is 51.2 Å². The van der Waals surface area contributed by atoms with Gasteiger partial charge in [0.2, 0.25) is 0 Å². The number of halogens is 3. The van der Waals surface area contributed by atoms with Crippen LogP contribution in [0.2, 0.25) is 0 Å². The minimum atomic E-state index is -4.11. The van der Waals surface area contributed by atoms with E-state index in [0.717, 1.165) is 6.42 Å². The molecule has 4 heteroatoms. The predicted molar refractivity (Wildman–Crippen MR) is 50.1 cm³/mol. The minimum Gasteiger partial charge on any atom is -0.303 e. The Labute approximate surface area is 83.1 Å². The molecule has 0 bridgehead atoms. The second-order valence-corrected chi connectivity index (χ2v) is 4.19. The van der Waals surface area contributed by atoms with E-state index in [4.69, 9.17) is 0 Å². The van der Waals surface area contributed by atoms with Gasteiger partial charge in [-0.25, -0.2) is 0 Å². The Morgan fingerprint density at radius 3 is 2.43 bits per heavy atom. The zero-order chi connectivity index (χ0) is 10.8. The van der Waals surface area contributed by atoms with Gasteiger partial charge in [0.05, 0.1) is 0 Å². The maximum absolute atomic E-state index is 12.9. The van der Waals surface area contributed by atoms with Crippen LogP contribution in [0.1, 0.15) is 39.5 Å². The molecule has 1 aliphatic carbocycles. The first-order chi connectivity index (χ1) is 6.44. The minimum absolute atomic E-state index is 0.234. The summed E-state index contributed by atoms with van der Waals surface area (Å²) in [5.41, 5.74) is -1.61. The standard InChI is InChI=1S/C10H18F3N/c1-3-7-14-9(10(11,12)13)6-4-5-8(9)2/h8,14H,3-7H2,1-2H3. The molecule has 0 heterocycles. The molecule has 2 unspecified atom stereocenters. The van der Waals surface area contributed by atoms with Gasteiger partial charge in [-0.1, -0.05) is 20.3 Å². The Bertz CT molecular complexity index is 190. The van der Waals surface area contributed by atoms with Gasteiger partial charge in [0.1, 0.15) is 5.54 Å². The predicted octanol–water partition coefficient (Wildman–Crippen LogP) is 3.11. The van der Waals surface area contributed by atoms with Crippen LogP contribution in [0.5, 0.6) is 0 Å². The van der Waals surface area contributed by atoms with Gasteiger partial charge in [-0.2, -0.15) is 13.2 Å². The maximum Gasteiger partial charge on any atom is 0.406 e. The van der Waals surface area contributed by atoms with Crippen molar-refractivity contribution in [3.8, 4) is 0 Å². The van der Waals surface area contributed by atoms with E-state index in [1.54, 1.807) is 6.92 Å². The van der Waals surface area contributed by atoms with Crippen molar-refractivity contribution in [2.75, 3.05) is 6.54 Å². The Balaban J connectivity index is 2.79. The SMILES string of the molecule is CCCNC1(C(F)(F)F)CCCC1C. The topological polar surface area (TPSA) is 12.0 Å². The van der Waals surface area contributed by atoms with Crippen molar-refractivity contribution in [3.05, 3.63) is 0 Å². The highest BCUT2D eigenvalue weighted by Crippen LogP contribution is 2.46. The molecule has 14 heavy (non-hydrogen) atoms. The van der Waals surface area contributed by atoms with E-state index in [0.29, 0.717) is 19.4 Å². The zero-order valence-corrected chi connectivity index (χ0v) is 8.75. The maximum atomic E-state index is 12.9. The van der Waals surface area contributed by atoms with Crippen molar-refractivity contribution in [1.82, 2.24) is 5.32 Å². The van der Waals surface area contributed by atoms with Crippen LogP contribution in [-0.2, 0) is 0 Å². The molecule has 1 N–H and O–H groups in total. The van der Waals surface area contributed by atoms with Gasteiger partial charge in [0.25, 0.3) is 0 Å². The summed E-state index contributed by atoms with van der Waals surface area (Å²) in [5, 5.41) is 2.71. The second-order valence-electron chi connectivity index (χ2n) is 4.19. The van der Waals surface area contributed by atoms with Crippen LogP contribution in [-0.4, -0.2) is 18.3 Å². The first-order valence-electron chi connectivity index (χ1n) is 5.26.